The number of hydrazine groups is 1. The molecular weight excluding hydrogens is 406 g/mol. The van der Waals surface area contributed by atoms with Crippen LogP contribution in [0.3, 0.4) is 0 Å². The largest absolute Gasteiger partial charge is 0.372 e. The fourth-order valence-corrected chi connectivity index (χ4v) is 5.05. The first kappa shape index (κ1) is 22.6. The van der Waals surface area contributed by atoms with Crippen molar-refractivity contribution < 1.29 is 14.4 Å². The average Bonchev–Trinajstić information content (AvgIpc) is 3.01. The molecule has 1 aromatic rings. The third kappa shape index (κ3) is 4.90. The zero-order valence-electron chi connectivity index (χ0n) is 19.2. The maximum absolute atomic E-state index is 12.9. The lowest BCUT2D eigenvalue weighted by molar-refractivity contribution is -0.140. The molecule has 0 unspecified atom stereocenters. The Morgan fingerprint density at radius 3 is 2.44 bits per heavy atom. The molecule has 8 heteroatoms. The molecule has 2 heterocycles. The van der Waals surface area contributed by atoms with Gasteiger partial charge in [-0.3, -0.25) is 19.9 Å². The van der Waals surface area contributed by atoms with E-state index in [0.29, 0.717) is 25.3 Å². The van der Waals surface area contributed by atoms with E-state index in [2.05, 4.69) is 46.8 Å². The summed E-state index contributed by atoms with van der Waals surface area (Å²) in [6, 6.07) is 7.96. The van der Waals surface area contributed by atoms with Gasteiger partial charge in [-0.25, -0.2) is 4.79 Å². The van der Waals surface area contributed by atoms with Crippen LogP contribution in [0, 0.1) is 5.92 Å². The lowest BCUT2D eigenvalue weighted by atomic mass is 9.77. The van der Waals surface area contributed by atoms with E-state index in [1.807, 2.05) is 11.9 Å². The summed E-state index contributed by atoms with van der Waals surface area (Å²) >= 11 is 0. The number of nitrogens with one attached hydrogen (secondary N) is 2. The average molecular weight is 442 g/mol. The van der Waals surface area contributed by atoms with Crippen LogP contribution in [-0.2, 0) is 16.1 Å². The number of carbonyl (C=O) groups excluding carboxylic acids is 3. The molecule has 3 fully saturated rings. The predicted molar refractivity (Wildman–Crippen MR) is 123 cm³/mol. The van der Waals surface area contributed by atoms with Gasteiger partial charge in [0.15, 0.2) is 0 Å². The number of imide groups is 1. The zero-order valence-corrected chi connectivity index (χ0v) is 19.2. The molecule has 4 amide bonds. The SMILES string of the molecule is CC1CCC2(CC1)NC(=O)N(NC(=O)CN(C)Cc1ccc(N3CCCCC3)cc1)C2=O. The number of carbonyl (C=O) groups is 3. The summed E-state index contributed by atoms with van der Waals surface area (Å²) < 4.78 is 0. The van der Waals surface area contributed by atoms with E-state index >= 15 is 0 Å². The van der Waals surface area contributed by atoms with Crippen LogP contribution in [0.1, 0.15) is 57.4 Å². The molecule has 8 nitrogen and oxygen atoms in total. The minimum Gasteiger partial charge on any atom is -0.372 e. The van der Waals surface area contributed by atoms with Gasteiger partial charge in [0.05, 0.1) is 6.54 Å². The molecule has 1 spiro atoms. The highest BCUT2D eigenvalue weighted by atomic mass is 16.2. The van der Waals surface area contributed by atoms with Crippen molar-refractivity contribution in [2.45, 2.75) is 64.0 Å². The number of nitrogens with zero attached hydrogens (tertiary/aromatic N) is 3. The minimum absolute atomic E-state index is 0.0922. The molecule has 1 aromatic carbocycles. The number of benzene rings is 1. The van der Waals surface area contributed by atoms with Crippen LogP contribution >= 0.6 is 0 Å². The Labute approximate surface area is 190 Å². The number of hydrogen-bond acceptors (Lipinski definition) is 5. The molecule has 32 heavy (non-hydrogen) atoms. The topological polar surface area (TPSA) is 85.0 Å². The summed E-state index contributed by atoms with van der Waals surface area (Å²) in [6.07, 6.45) is 6.85. The Balaban J connectivity index is 1.27. The van der Waals surface area contributed by atoms with Crippen molar-refractivity contribution in [2.24, 2.45) is 5.92 Å². The van der Waals surface area contributed by atoms with Gasteiger partial charge in [0.2, 0.25) is 0 Å². The van der Waals surface area contributed by atoms with Crippen molar-refractivity contribution >= 4 is 23.5 Å². The first-order chi connectivity index (χ1) is 15.4. The van der Waals surface area contributed by atoms with E-state index in [0.717, 1.165) is 36.5 Å². The molecule has 1 aliphatic carbocycles. The molecule has 0 radical (unpaired) electrons. The highest BCUT2D eigenvalue weighted by Gasteiger charge is 2.52. The quantitative estimate of drug-likeness (QED) is 0.663. The second-order valence-corrected chi connectivity index (χ2v) is 9.76. The molecule has 0 bridgehead atoms. The summed E-state index contributed by atoms with van der Waals surface area (Å²) in [4.78, 5) is 42.1. The molecule has 2 aliphatic heterocycles. The fraction of sp³-hybridized carbons (Fsp3) is 0.625. The molecular formula is C24H35N5O3. The van der Waals surface area contributed by atoms with Gasteiger partial charge in [0.1, 0.15) is 5.54 Å². The van der Waals surface area contributed by atoms with Crippen LogP contribution in [0.4, 0.5) is 10.5 Å². The molecule has 2 saturated heterocycles. The zero-order chi connectivity index (χ0) is 22.7. The number of likely N-dealkylation sites (N-methyl/N-ethyl adjacent to an activating group) is 1. The van der Waals surface area contributed by atoms with Crippen molar-refractivity contribution in [3.05, 3.63) is 29.8 Å². The lowest BCUT2D eigenvalue weighted by Crippen LogP contribution is -2.52. The summed E-state index contributed by atoms with van der Waals surface area (Å²) in [6.45, 7) is 5.08. The van der Waals surface area contributed by atoms with E-state index in [1.165, 1.54) is 24.9 Å². The predicted octanol–water partition coefficient (Wildman–Crippen LogP) is 2.64. The lowest BCUT2D eigenvalue weighted by Gasteiger charge is -2.33. The summed E-state index contributed by atoms with van der Waals surface area (Å²) in [5.74, 6) is -0.155. The molecule has 1 saturated carbocycles. The van der Waals surface area contributed by atoms with E-state index < -0.39 is 11.6 Å². The van der Waals surface area contributed by atoms with Crippen LogP contribution in [0.5, 0.6) is 0 Å². The fourth-order valence-electron chi connectivity index (χ4n) is 5.05. The second-order valence-electron chi connectivity index (χ2n) is 9.76. The highest BCUT2D eigenvalue weighted by Crippen LogP contribution is 2.35. The monoisotopic (exact) mass is 441 g/mol. The van der Waals surface area contributed by atoms with Crippen LogP contribution < -0.4 is 15.6 Å². The van der Waals surface area contributed by atoms with E-state index in [9.17, 15) is 14.4 Å². The number of piperidine rings is 1. The molecule has 0 aromatic heterocycles. The number of amides is 4. The number of urea groups is 1. The van der Waals surface area contributed by atoms with Crippen LogP contribution in [0.2, 0.25) is 0 Å². The normalized spacial score (nSPS) is 26.0. The second kappa shape index (κ2) is 9.48. The van der Waals surface area contributed by atoms with Crippen LogP contribution in [0.25, 0.3) is 0 Å². The van der Waals surface area contributed by atoms with E-state index in [1.54, 1.807) is 0 Å². The number of hydrogen-bond donors (Lipinski definition) is 2. The Morgan fingerprint density at radius 2 is 1.78 bits per heavy atom. The van der Waals surface area contributed by atoms with Gasteiger partial charge in [0.25, 0.3) is 11.8 Å². The van der Waals surface area contributed by atoms with Crippen molar-refractivity contribution in [3.8, 4) is 0 Å². The van der Waals surface area contributed by atoms with Gasteiger partial charge in [-0.2, -0.15) is 5.01 Å². The van der Waals surface area contributed by atoms with Gasteiger partial charge in [-0.05, 0) is 75.6 Å². The Bertz CT molecular complexity index is 842. The number of rotatable bonds is 6. The maximum Gasteiger partial charge on any atom is 0.344 e. The van der Waals surface area contributed by atoms with Crippen molar-refractivity contribution in [3.63, 3.8) is 0 Å². The smallest absolute Gasteiger partial charge is 0.344 e. The van der Waals surface area contributed by atoms with Crippen molar-refractivity contribution in [2.75, 3.05) is 31.6 Å². The van der Waals surface area contributed by atoms with E-state index in [-0.39, 0.29) is 18.4 Å². The van der Waals surface area contributed by atoms with Gasteiger partial charge >= 0.3 is 6.03 Å². The molecule has 3 aliphatic rings. The first-order valence-electron chi connectivity index (χ1n) is 11.8. The van der Waals surface area contributed by atoms with Gasteiger partial charge < -0.3 is 10.2 Å². The van der Waals surface area contributed by atoms with Gasteiger partial charge in [0, 0.05) is 25.3 Å². The van der Waals surface area contributed by atoms with Crippen molar-refractivity contribution in [1.29, 1.82) is 0 Å². The van der Waals surface area contributed by atoms with Gasteiger partial charge in [-0.15, -0.1) is 0 Å². The maximum atomic E-state index is 12.9. The Kier molecular flexibility index (Phi) is 6.69. The van der Waals surface area contributed by atoms with Crippen molar-refractivity contribution in [1.82, 2.24) is 20.7 Å². The van der Waals surface area contributed by atoms with Crippen LogP contribution in [0.15, 0.2) is 24.3 Å². The molecule has 2 N–H and O–H groups in total. The minimum atomic E-state index is -0.848. The number of anilines is 1. The highest BCUT2D eigenvalue weighted by molar-refractivity contribution is 6.08. The molecule has 4 rings (SSSR count). The third-order valence-corrected chi connectivity index (χ3v) is 7.05. The van der Waals surface area contributed by atoms with Crippen LogP contribution in [-0.4, -0.2) is 60.0 Å². The summed E-state index contributed by atoms with van der Waals surface area (Å²) in [7, 11) is 1.86. The first-order valence-corrected chi connectivity index (χ1v) is 11.8. The summed E-state index contributed by atoms with van der Waals surface area (Å²) in [5, 5.41) is 3.70. The third-order valence-electron chi connectivity index (χ3n) is 7.05. The summed E-state index contributed by atoms with van der Waals surface area (Å²) in [5.41, 5.74) is 4.03. The Morgan fingerprint density at radius 1 is 1.12 bits per heavy atom. The molecule has 174 valence electrons. The standard InChI is InChI=1S/C24H35N5O3/c1-18-10-12-24(13-11-18)22(31)29(23(32)25-24)26-21(30)17-27(2)16-19-6-8-20(9-7-19)28-14-4-3-5-15-28/h6-9,18H,3-5,10-17H2,1-2H3,(H,25,32)(H,26,30). The molecule has 0 atom stereocenters. The van der Waals surface area contributed by atoms with E-state index in [4.69, 9.17) is 0 Å². The van der Waals surface area contributed by atoms with Gasteiger partial charge in [-0.1, -0.05) is 19.1 Å². The Hall–Kier alpha value is -2.61.